The van der Waals surface area contributed by atoms with Gasteiger partial charge in [-0.15, -0.1) is 0 Å². The summed E-state index contributed by atoms with van der Waals surface area (Å²) in [5.74, 6) is 0.0256. The Bertz CT molecular complexity index is 540. The predicted molar refractivity (Wildman–Crippen MR) is 68.5 cm³/mol. The van der Waals surface area contributed by atoms with Crippen molar-refractivity contribution in [3.05, 3.63) is 64.4 Å². The molecule has 2 aromatic carbocycles. The lowest BCUT2D eigenvalue weighted by atomic mass is 10.0. The number of benzene rings is 2. The van der Waals surface area contributed by atoms with E-state index in [0.717, 1.165) is 0 Å². The second-order valence-electron chi connectivity index (χ2n) is 3.84. The van der Waals surface area contributed by atoms with Crippen LogP contribution in [0.1, 0.15) is 17.2 Å². The van der Waals surface area contributed by atoms with E-state index in [0.29, 0.717) is 21.9 Å². The van der Waals surface area contributed by atoms with Gasteiger partial charge in [-0.2, -0.15) is 0 Å². The molecule has 0 heterocycles. The van der Waals surface area contributed by atoms with Crippen LogP contribution in [0.15, 0.2) is 42.5 Å². The van der Waals surface area contributed by atoms with E-state index < -0.39 is 11.9 Å². The normalized spacial score (nSPS) is 12.2. The minimum absolute atomic E-state index is 0.389. The topological polar surface area (TPSA) is 29.5 Å². The molecule has 1 unspecified atom stereocenters. The zero-order valence-electron chi connectivity index (χ0n) is 9.73. The second kappa shape index (κ2) is 5.38. The summed E-state index contributed by atoms with van der Waals surface area (Å²) in [7, 11) is 1.48. The lowest BCUT2D eigenvalue weighted by Crippen LogP contribution is -2.03. The van der Waals surface area contributed by atoms with Gasteiger partial charge in [0.05, 0.1) is 7.11 Å². The molecule has 0 saturated heterocycles. The zero-order chi connectivity index (χ0) is 13.1. The monoisotopic (exact) mass is 266 g/mol. The fraction of sp³-hybridized carbons (Fsp3) is 0.143. The number of hydrogen-bond acceptors (Lipinski definition) is 2. The highest BCUT2D eigenvalue weighted by atomic mass is 35.5. The van der Waals surface area contributed by atoms with Gasteiger partial charge in [0.15, 0.2) is 0 Å². The molecule has 0 aliphatic rings. The third kappa shape index (κ3) is 2.63. The van der Waals surface area contributed by atoms with E-state index in [1.54, 1.807) is 24.3 Å². The van der Waals surface area contributed by atoms with Gasteiger partial charge in [-0.05, 0) is 35.9 Å². The smallest absolute Gasteiger partial charge is 0.125 e. The first-order valence-electron chi connectivity index (χ1n) is 5.39. The van der Waals surface area contributed by atoms with E-state index in [9.17, 15) is 9.50 Å². The molecule has 0 bridgehead atoms. The van der Waals surface area contributed by atoms with Crippen LogP contribution in [-0.2, 0) is 0 Å². The highest BCUT2D eigenvalue weighted by Crippen LogP contribution is 2.31. The van der Waals surface area contributed by atoms with E-state index >= 15 is 0 Å². The second-order valence-corrected chi connectivity index (χ2v) is 4.28. The third-order valence-electron chi connectivity index (χ3n) is 2.67. The van der Waals surface area contributed by atoms with Crippen LogP contribution in [0.4, 0.5) is 4.39 Å². The maximum absolute atomic E-state index is 13.2. The molecule has 2 nitrogen and oxygen atoms in total. The molecule has 2 aromatic rings. The van der Waals surface area contributed by atoms with Gasteiger partial charge in [-0.1, -0.05) is 23.7 Å². The van der Waals surface area contributed by atoms with Crippen molar-refractivity contribution >= 4 is 11.6 Å². The molecule has 4 heteroatoms. The lowest BCUT2D eigenvalue weighted by Gasteiger charge is -2.15. The Morgan fingerprint density at radius 1 is 1.17 bits per heavy atom. The largest absolute Gasteiger partial charge is 0.496 e. The molecule has 1 atom stereocenters. The maximum atomic E-state index is 13.2. The average molecular weight is 267 g/mol. The minimum Gasteiger partial charge on any atom is -0.496 e. The molecular formula is C14H12ClFO2. The van der Waals surface area contributed by atoms with Gasteiger partial charge in [0, 0.05) is 10.6 Å². The van der Waals surface area contributed by atoms with Gasteiger partial charge in [0.2, 0.25) is 0 Å². The molecule has 0 spiro atoms. The van der Waals surface area contributed by atoms with Crippen LogP contribution in [0.2, 0.25) is 5.02 Å². The maximum Gasteiger partial charge on any atom is 0.125 e. The van der Waals surface area contributed by atoms with Crippen LogP contribution in [-0.4, -0.2) is 12.2 Å². The van der Waals surface area contributed by atoms with Crippen LogP contribution in [0.3, 0.4) is 0 Å². The quantitative estimate of drug-likeness (QED) is 0.920. The molecule has 1 N–H and O–H groups in total. The first-order valence-corrected chi connectivity index (χ1v) is 5.76. The highest BCUT2D eigenvalue weighted by Gasteiger charge is 2.16. The van der Waals surface area contributed by atoms with E-state index in [2.05, 4.69) is 0 Å². The molecule has 0 amide bonds. The van der Waals surface area contributed by atoms with Crippen molar-refractivity contribution in [2.75, 3.05) is 7.11 Å². The number of ether oxygens (including phenoxy) is 1. The number of aliphatic hydroxyl groups excluding tert-OH is 1. The van der Waals surface area contributed by atoms with Gasteiger partial charge < -0.3 is 9.84 Å². The summed E-state index contributed by atoms with van der Waals surface area (Å²) in [5, 5.41) is 10.8. The summed E-state index contributed by atoms with van der Waals surface area (Å²) >= 11 is 5.78. The van der Waals surface area contributed by atoms with Crippen molar-refractivity contribution in [3.63, 3.8) is 0 Å². The fourth-order valence-electron chi connectivity index (χ4n) is 1.74. The molecule has 18 heavy (non-hydrogen) atoms. The first kappa shape index (κ1) is 12.9. The van der Waals surface area contributed by atoms with Gasteiger partial charge in [0.1, 0.15) is 17.7 Å². The Morgan fingerprint density at radius 3 is 2.44 bits per heavy atom. The Morgan fingerprint density at radius 2 is 1.83 bits per heavy atom. The van der Waals surface area contributed by atoms with Gasteiger partial charge in [0.25, 0.3) is 0 Å². The highest BCUT2D eigenvalue weighted by molar-refractivity contribution is 6.30. The minimum atomic E-state index is -0.951. The van der Waals surface area contributed by atoms with E-state index in [-0.39, 0.29) is 0 Å². The Balaban J connectivity index is 2.41. The number of aliphatic hydroxyl groups is 1. The molecule has 0 radical (unpaired) electrons. The predicted octanol–water partition coefficient (Wildman–Crippen LogP) is 3.57. The zero-order valence-corrected chi connectivity index (χ0v) is 10.5. The molecular weight excluding hydrogens is 255 g/mol. The van der Waals surface area contributed by atoms with Gasteiger partial charge in [-0.3, -0.25) is 0 Å². The molecule has 0 aliphatic heterocycles. The van der Waals surface area contributed by atoms with Gasteiger partial charge in [-0.25, -0.2) is 4.39 Å². The first-order chi connectivity index (χ1) is 8.61. The lowest BCUT2D eigenvalue weighted by molar-refractivity contribution is 0.214. The SMILES string of the molecule is COc1ccc(F)cc1C(O)c1ccc(Cl)cc1. The van der Waals surface area contributed by atoms with Crippen molar-refractivity contribution < 1.29 is 14.2 Å². The molecule has 2 rings (SSSR count). The van der Waals surface area contributed by atoms with Crippen molar-refractivity contribution in [1.29, 1.82) is 0 Å². The summed E-state index contributed by atoms with van der Waals surface area (Å²) < 4.78 is 18.3. The van der Waals surface area contributed by atoms with Crippen LogP contribution >= 0.6 is 11.6 Å². The number of hydrogen-bond donors (Lipinski definition) is 1. The van der Waals surface area contributed by atoms with Crippen molar-refractivity contribution in [1.82, 2.24) is 0 Å². The molecule has 0 aliphatic carbocycles. The van der Waals surface area contributed by atoms with Crippen LogP contribution < -0.4 is 4.74 Å². The number of methoxy groups -OCH3 is 1. The Kier molecular flexibility index (Phi) is 3.84. The Labute approximate surface area is 110 Å². The number of rotatable bonds is 3. The summed E-state index contributed by atoms with van der Waals surface area (Å²) in [6.07, 6.45) is -0.951. The summed E-state index contributed by atoms with van der Waals surface area (Å²) in [4.78, 5) is 0. The van der Waals surface area contributed by atoms with Crippen molar-refractivity contribution in [3.8, 4) is 5.75 Å². The van der Waals surface area contributed by atoms with Crippen LogP contribution in [0, 0.1) is 5.82 Å². The summed E-state index contributed by atoms with van der Waals surface area (Å²) in [6.45, 7) is 0. The summed E-state index contributed by atoms with van der Waals surface area (Å²) in [6, 6.07) is 10.8. The van der Waals surface area contributed by atoms with Crippen LogP contribution in [0.25, 0.3) is 0 Å². The molecule has 94 valence electrons. The standard InChI is InChI=1S/C14H12ClFO2/c1-18-13-7-6-11(16)8-12(13)14(17)9-2-4-10(15)5-3-9/h2-8,14,17H,1H3. The van der Waals surface area contributed by atoms with Crippen LogP contribution in [0.5, 0.6) is 5.75 Å². The average Bonchev–Trinajstić information content (AvgIpc) is 2.39. The van der Waals surface area contributed by atoms with Crippen molar-refractivity contribution in [2.24, 2.45) is 0 Å². The van der Waals surface area contributed by atoms with Crippen molar-refractivity contribution in [2.45, 2.75) is 6.10 Å². The fourth-order valence-corrected chi connectivity index (χ4v) is 1.87. The van der Waals surface area contributed by atoms with E-state index in [1.165, 1.54) is 25.3 Å². The van der Waals surface area contributed by atoms with Gasteiger partial charge >= 0.3 is 0 Å². The van der Waals surface area contributed by atoms with E-state index in [4.69, 9.17) is 16.3 Å². The number of halogens is 2. The Hall–Kier alpha value is -1.58. The van der Waals surface area contributed by atoms with E-state index in [1.807, 2.05) is 0 Å². The summed E-state index contributed by atoms with van der Waals surface area (Å²) in [5.41, 5.74) is 1.02. The molecule has 0 saturated carbocycles. The molecule has 0 fully saturated rings. The third-order valence-corrected chi connectivity index (χ3v) is 2.92. The molecule has 0 aromatic heterocycles.